The van der Waals surface area contributed by atoms with Crippen LogP contribution in [0.1, 0.15) is 37.8 Å². The number of carbonyl (C=O) groups excluding carboxylic acids is 1. The zero-order valence-corrected chi connectivity index (χ0v) is 13.3. The molecule has 1 saturated heterocycles. The van der Waals surface area contributed by atoms with E-state index in [9.17, 15) is 9.90 Å². The van der Waals surface area contributed by atoms with E-state index in [0.717, 1.165) is 31.6 Å². The molecule has 1 amide bonds. The summed E-state index contributed by atoms with van der Waals surface area (Å²) in [5, 5.41) is 10.5. The van der Waals surface area contributed by atoms with Crippen molar-refractivity contribution in [2.75, 3.05) is 12.3 Å². The third-order valence-electron chi connectivity index (χ3n) is 4.71. The minimum atomic E-state index is -0.446. The highest BCUT2D eigenvalue weighted by atomic mass is 32.2. The predicted molar refractivity (Wildman–Crippen MR) is 86.2 cm³/mol. The highest BCUT2D eigenvalue weighted by molar-refractivity contribution is 8.00. The van der Waals surface area contributed by atoms with Crippen molar-refractivity contribution < 1.29 is 9.90 Å². The van der Waals surface area contributed by atoms with Gasteiger partial charge < -0.3 is 10.0 Å². The normalized spacial score (nSPS) is 33.1. The average molecular weight is 305 g/mol. The van der Waals surface area contributed by atoms with Crippen LogP contribution < -0.4 is 0 Å². The Balaban J connectivity index is 1.85. The topological polar surface area (TPSA) is 40.5 Å². The second-order valence-electron chi connectivity index (χ2n) is 6.07. The second-order valence-corrected chi connectivity index (χ2v) is 7.55. The van der Waals surface area contributed by atoms with Crippen molar-refractivity contribution in [3.8, 4) is 0 Å². The standard InChI is InChI=1S/C17H23NO2S/c1-12-16(13-6-3-2-4-7-13)18(10-11-21-12)17(20)14-8-5-9-15(14)19/h2-4,6-7,12,14-16,19H,5,8-11H2,1H3. The summed E-state index contributed by atoms with van der Waals surface area (Å²) >= 11 is 1.93. The molecular formula is C17H23NO2S. The SMILES string of the molecule is CC1SCCN(C(=O)C2CCCC2O)C1c1ccccc1. The van der Waals surface area contributed by atoms with E-state index in [1.807, 2.05) is 34.9 Å². The molecular weight excluding hydrogens is 282 g/mol. The number of carbonyl (C=O) groups is 1. The van der Waals surface area contributed by atoms with E-state index in [1.165, 1.54) is 5.56 Å². The second kappa shape index (κ2) is 6.41. The van der Waals surface area contributed by atoms with Gasteiger partial charge in [0.15, 0.2) is 0 Å². The summed E-state index contributed by atoms with van der Waals surface area (Å²) < 4.78 is 0. The van der Waals surface area contributed by atoms with Gasteiger partial charge in [0.2, 0.25) is 5.91 Å². The lowest BCUT2D eigenvalue weighted by molar-refractivity contribution is -0.140. The van der Waals surface area contributed by atoms with Crippen LogP contribution >= 0.6 is 11.8 Å². The van der Waals surface area contributed by atoms with Gasteiger partial charge in [-0.05, 0) is 24.8 Å². The van der Waals surface area contributed by atoms with Crippen LogP contribution in [0.15, 0.2) is 30.3 Å². The van der Waals surface area contributed by atoms with Crippen molar-refractivity contribution >= 4 is 17.7 Å². The van der Waals surface area contributed by atoms with Gasteiger partial charge in [-0.25, -0.2) is 0 Å². The summed E-state index contributed by atoms with van der Waals surface area (Å²) in [7, 11) is 0. The summed E-state index contributed by atoms with van der Waals surface area (Å²) in [4.78, 5) is 14.9. The number of amides is 1. The van der Waals surface area contributed by atoms with E-state index in [-0.39, 0.29) is 17.9 Å². The monoisotopic (exact) mass is 305 g/mol. The molecule has 1 aliphatic carbocycles. The number of aliphatic hydroxyl groups excluding tert-OH is 1. The highest BCUT2D eigenvalue weighted by Gasteiger charge is 2.40. The van der Waals surface area contributed by atoms with Crippen LogP contribution in [-0.4, -0.2) is 39.6 Å². The van der Waals surface area contributed by atoms with Crippen LogP contribution in [0.3, 0.4) is 0 Å². The van der Waals surface area contributed by atoms with Crippen molar-refractivity contribution in [1.82, 2.24) is 4.90 Å². The molecule has 1 N–H and O–H groups in total. The number of nitrogens with zero attached hydrogens (tertiary/aromatic N) is 1. The quantitative estimate of drug-likeness (QED) is 0.913. The van der Waals surface area contributed by atoms with Gasteiger partial charge in [-0.2, -0.15) is 11.8 Å². The Morgan fingerprint density at radius 1 is 1.29 bits per heavy atom. The first-order chi connectivity index (χ1) is 10.2. The third-order valence-corrected chi connectivity index (χ3v) is 5.92. The van der Waals surface area contributed by atoms with Gasteiger partial charge in [-0.3, -0.25) is 4.79 Å². The summed E-state index contributed by atoms with van der Waals surface area (Å²) in [5.74, 6) is 0.950. The summed E-state index contributed by atoms with van der Waals surface area (Å²) in [6.45, 7) is 2.99. The van der Waals surface area contributed by atoms with Crippen molar-refractivity contribution in [2.45, 2.75) is 43.6 Å². The van der Waals surface area contributed by atoms with Crippen LogP contribution in [0.2, 0.25) is 0 Å². The molecule has 1 aromatic rings. The minimum absolute atomic E-state index is 0.130. The molecule has 0 aromatic heterocycles. The van der Waals surface area contributed by atoms with Gasteiger partial charge >= 0.3 is 0 Å². The molecule has 3 rings (SSSR count). The molecule has 0 bridgehead atoms. The van der Waals surface area contributed by atoms with Crippen LogP contribution in [-0.2, 0) is 4.79 Å². The average Bonchev–Trinajstić information content (AvgIpc) is 2.93. The molecule has 21 heavy (non-hydrogen) atoms. The van der Waals surface area contributed by atoms with Crippen molar-refractivity contribution in [3.05, 3.63) is 35.9 Å². The third kappa shape index (κ3) is 2.97. The molecule has 2 aliphatic rings. The van der Waals surface area contributed by atoms with Gasteiger partial charge in [-0.1, -0.05) is 37.3 Å². The van der Waals surface area contributed by atoms with E-state index >= 15 is 0 Å². The first-order valence-corrected chi connectivity index (χ1v) is 8.88. The fourth-order valence-electron chi connectivity index (χ4n) is 3.61. The molecule has 2 fully saturated rings. The molecule has 1 heterocycles. The van der Waals surface area contributed by atoms with Gasteiger partial charge in [0, 0.05) is 17.5 Å². The largest absolute Gasteiger partial charge is 0.392 e. The maximum atomic E-state index is 12.9. The molecule has 114 valence electrons. The molecule has 1 aromatic carbocycles. The van der Waals surface area contributed by atoms with E-state index < -0.39 is 6.10 Å². The number of benzene rings is 1. The lowest BCUT2D eigenvalue weighted by Gasteiger charge is -2.41. The van der Waals surface area contributed by atoms with E-state index in [0.29, 0.717) is 5.25 Å². The number of thioether (sulfide) groups is 1. The van der Waals surface area contributed by atoms with Crippen LogP contribution in [0.25, 0.3) is 0 Å². The van der Waals surface area contributed by atoms with Gasteiger partial charge in [0.25, 0.3) is 0 Å². The molecule has 0 radical (unpaired) electrons. The zero-order valence-electron chi connectivity index (χ0n) is 12.4. The summed E-state index contributed by atoms with van der Waals surface area (Å²) in [5.41, 5.74) is 1.21. The maximum Gasteiger partial charge on any atom is 0.228 e. The Labute approximate surface area is 130 Å². The van der Waals surface area contributed by atoms with Crippen LogP contribution in [0.4, 0.5) is 0 Å². The molecule has 4 unspecified atom stereocenters. The Bertz CT molecular complexity index is 493. The summed E-state index contributed by atoms with van der Waals surface area (Å²) in [6, 6.07) is 10.4. The Morgan fingerprint density at radius 3 is 2.71 bits per heavy atom. The Hall–Kier alpha value is -1.00. The zero-order chi connectivity index (χ0) is 14.8. The number of rotatable bonds is 2. The number of aliphatic hydroxyl groups is 1. The number of hydrogen-bond acceptors (Lipinski definition) is 3. The molecule has 0 spiro atoms. The fraction of sp³-hybridized carbons (Fsp3) is 0.588. The van der Waals surface area contributed by atoms with E-state index in [1.54, 1.807) is 0 Å². The maximum absolute atomic E-state index is 12.9. The molecule has 1 saturated carbocycles. The highest BCUT2D eigenvalue weighted by Crippen LogP contribution is 2.38. The first kappa shape index (κ1) is 14.9. The molecule has 1 aliphatic heterocycles. The lowest BCUT2D eigenvalue weighted by Crippen LogP contribution is -2.47. The van der Waals surface area contributed by atoms with Crippen molar-refractivity contribution in [2.24, 2.45) is 5.92 Å². The van der Waals surface area contributed by atoms with Crippen molar-refractivity contribution in [3.63, 3.8) is 0 Å². The van der Waals surface area contributed by atoms with E-state index in [2.05, 4.69) is 19.1 Å². The van der Waals surface area contributed by atoms with Gasteiger partial charge in [-0.15, -0.1) is 0 Å². The Kier molecular flexibility index (Phi) is 4.55. The smallest absolute Gasteiger partial charge is 0.228 e. The van der Waals surface area contributed by atoms with E-state index in [4.69, 9.17) is 0 Å². The lowest BCUT2D eigenvalue weighted by atomic mass is 9.98. The first-order valence-electron chi connectivity index (χ1n) is 7.83. The number of hydrogen-bond donors (Lipinski definition) is 1. The predicted octanol–water partition coefficient (Wildman–Crippen LogP) is 2.85. The molecule has 4 heteroatoms. The minimum Gasteiger partial charge on any atom is -0.392 e. The van der Waals surface area contributed by atoms with Gasteiger partial charge in [0.05, 0.1) is 18.1 Å². The fourth-order valence-corrected chi connectivity index (χ4v) is 4.77. The van der Waals surface area contributed by atoms with Crippen LogP contribution in [0.5, 0.6) is 0 Å². The van der Waals surface area contributed by atoms with Crippen molar-refractivity contribution in [1.29, 1.82) is 0 Å². The van der Waals surface area contributed by atoms with Crippen LogP contribution in [0, 0.1) is 5.92 Å². The molecule has 3 nitrogen and oxygen atoms in total. The van der Waals surface area contributed by atoms with Gasteiger partial charge in [0.1, 0.15) is 0 Å². The molecule has 4 atom stereocenters. The Morgan fingerprint density at radius 2 is 2.05 bits per heavy atom. The summed E-state index contributed by atoms with van der Waals surface area (Å²) in [6.07, 6.45) is 2.12.